The highest BCUT2D eigenvalue weighted by Crippen LogP contribution is 2.34. The SMILES string of the molecule is CCOc1cc(C)c(-c2nc3ccccc3c(=O)n2N=Cc2ccc(N(C)C)cc2OCc2ccccc2C#N)cc1C(C)C. The van der Waals surface area contributed by atoms with Crippen LogP contribution in [0.5, 0.6) is 11.5 Å². The van der Waals surface area contributed by atoms with Gasteiger partial charge in [0.05, 0.1) is 35.4 Å². The van der Waals surface area contributed by atoms with Crippen LogP contribution in [0.25, 0.3) is 22.3 Å². The molecule has 0 saturated carbocycles. The fourth-order valence-corrected chi connectivity index (χ4v) is 5.14. The highest BCUT2D eigenvalue weighted by molar-refractivity contribution is 5.86. The maximum absolute atomic E-state index is 14.0. The Morgan fingerprint density at radius 2 is 1.76 bits per heavy atom. The van der Waals surface area contributed by atoms with E-state index < -0.39 is 0 Å². The summed E-state index contributed by atoms with van der Waals surface area (Å²) in [5.41, 5.74) is 6.02. The van der Waals surface area contributed by atoms with E-state index in [-0.39, 0.29) is 18.1 Å². The molecule has 0 bridgehead atoms. The number of nitrogens with zero attached hydrogens (tertiary/aromatic N) is 5. The van der Waals surface area contributed by atoms with Crippen molar-refractivity contribution in [3.05, 3.63) is 117 Å². The van der Waals surface area contributed by atoms with Crippen LogP contribution in [0.1, 0.15) is 54.5 Å². The molecule has 0 spiro atoms. The molecule has 0 N–H and O–H groups in total. The molecule has 5 rings (SSSR count). The first-order chi connectivity index (χ1) is 21.7. The molecule has 228 valence electrons. The van der Waals surface area contributed by atoms with E-state index in [1.165, 1.54) is 4.68 Å². The van der Waals surface area contributed by atoms with Crippen LogP contribution < -0.4 is 19.9 Å². The van der Waals surface area contributed by atoms with E-state index in [1.807, 2.05) is 93.5 Å². The highest BCUT2D eigenvalue weighted by Gasteiger charge is 2.19. The Labute approximate surface area is 263 Å². The monoisotopic (exact) mass is 599 g/mol. The normalized spacial score (nSPS) is 11.2. The summed E-state index contributed by atoms with van der Waals surface area (Å²) in [6, 6.07) is 26.7. The molecule has 0 aliphatic heterocycles. The summed E-state index contributed by atoms with van der Waals surface area (Å²) < 4.78 is 13.6. The Balaban J connectivity index is 1.65. The minimum atomic E-state index is -0.276. The molecule has 0 aliphatic carbocycles. The first-order valence-corrected chi connectivity index (χ1v) is 15.0. The van der Waals surface area contributed by atoms with Gasteiger partial charge in [0.2, 0.25) is 0 Å². The Kier molecular flexibility index (Phi) is 9.29. The van der Waals surface area contributed by atoms with Gasteiger partial charge in [-0.15, -0.1) is 0 Å². The van der Waals surface area contributed by atoms with E-state index in [4.69, 9.17) is 19.6 Å². The molecular formula is C37H37N5O3. The van der Waals surface area contributed by atoms with Crippen LogP contribution in [-0.4, -0.2) is 36.6 Å². The largest absolute Gasteiger partial charge is 0.494 e. The van der Waals surface area contributed by atoms with Gasteiger partial charge in [0.1, 0.15) is 18.1 Å². The van der Waals surface area contributed by atoms with Gasteiger partial charge in [-0.2, -0.15) is 15.0 Å². The first kappa shape index (κ1) is 31.0. The van der Waals surface area contributed by atoms with Crippen LogP contribution >= 0.6 is 0 Å². The summed E-state index contributed by atoms with van der Waals surface area (Å²) in [5, 5.41) is 14.8. The zero-order valence-electron chi connectivity index (χ0n) is 26.5. The molecule has 8 heteroatoms. The quantitative estimate of drug-likeness (QED) is 0.157. The third kappa shape index (κ3) is 6.58. The average Bonchev–Trinajstić information content (AvgIpc) is 3.03. The number of rotatable bonds is 10. The van der Waals surface area contributed by atoms with Crippen molar-refractivity contribution < 1.29 is 9.47 Å². The van der Waals surface area contributed by atoms with Crippen LogP contribution in [0.15, 0.2) is 88.8 Å². The fraction of sp³-hybridized carbons (Fsp3) is 0.243. The van der Waals surface area contributed by atoms with Gasteiger partial charge in [-0.1, -0.05) is 44.2 Å². The summed E-state index contributed by atoms with van der Waals surface area (Å²) in [6.45, 7) is 8.95. The number of hydrogen-bond acceptors (Lipinski definition) is 7. The molecule has 0 saturated heterocycles. The molecule has 0 unspecified atom stereocenters. The molecular weight excluding hydrogens is 562 g/mol. The molecule has 45 heavy (non-hydrogen) atoms. The number of nitriles is 1. The number of anilines is 1. The number of ether oxygens (including phenoxy) is 2. The summed E-state index contributed by atoms with van der Waals surface area (Å²) >= 11 is 0. The predicted octanol–water partition coefficient (Wildman–Crippen LogP) is 7.29. The van der Waals surface area contributed by atoms with Crippen LogP contribution in [-0.2, 0) is 6.61 Å². The number of benzene rings is 4. The maximum Gasteiger partial charge on any atom is 0.282 e. The van der Waals surface area contributed by atoms with Crippen molar-refractivity contribution in [3.8, 4) is 29.0 Å². The van der Waals surface area contributed by atoms with Crippen LogP contribution in [0.2, 0.25) is 0 Å². The maximum atomic E-state index is 14.0. The van der Waals surface area contributed by atoms with Crippen molar-refractivity contribution in [1.29, 1.82) is 5.26 Å². The van der Waals surface area contributed by atoms with Gasteiger partial charge in [-0.05, 0) is 73.4 Å². The molecule has 8 nitrogen and oxygen atoms in total. The van der Waals surface area contributed by atoms with Gasteiger partial charge >= 0.3 is 0 Å². The van der Waals surface area contributed by atoms with Crippen molar-refractivity contribution in [3.63, 3.8) is 0 Å². The van der Waals surface area contributed by atoms with E-state index in [9.17, 15) is 10.1 Å². The molecule has 0 fully saturated rings. The predicted molar refractivity (Wildman–Crippen MR) is 181 cm³/mol. The highest BCUT2D eigenvalue weighted by atomic mass is 16.5. The van der Waals surface area contributed by atoms with Crippen molar-refractivity contribution in [2.45, 2.75) is 40.2 Å². The summed E-state index contributed by atoms with van der Waals surface area (Å²) in [5.74, 6) is 2.02. The fourth-order valence-electron chi connectivity index (χ4n) is 5.14. The lowest BCUT2D eigenvalue weighted by molar-refractivity contribution is 0.305. The second-order valence-corrected chi connectivity index (χ2v) is 11.3. The Morgan fingerprint density at radius 3 is 2.49 bits per heavy atom. The number of hydrogen-bond donors (Lipinski definition) is 0. The lowest BCUT2D eigenvalue weighted by atomic mass is 9.96. The molecule has 5 aromatic rings. The van der Waals surface area contributed by atoms with Gasteiger partial charge in [-0.25, -0.2) is 4.98 Å². The second-order valence-electron chi connectivity index (χ2n) is 11.3. The van der Waals surface area contributed by atoms with E-state index >= 15 is 0 Å². The van der Waals surface area contributed by atoms with E-state index in [0.29, 0.717) is 40.2 Å². The molecule has 0 radical (unpaired) electrons. The zero-order chi connectivity index (χ0) is 32.1. The Morgan fingerprint density at radius 1 is 1.00 bits per heavy atom. The lowest BCUT2D eigenvalue weighted by Gasteiger charge is -2.18. The smallest absolute Gasteiger partial charge is 0.282 e. The summed E-state index contributed by atoms with van der Waals surface area (Å²) in [6.07, 6.45) is 1.62. The third-order valence-electron chi connectivity index (χ3n) is 7.62. The topological polar surface area (TPSA) is 92.7 Å². The van der Waals surface area contributed by atoms with Crippen LogP contribution in [0.4, 0.5) is 5.69 Å². The minimum absolute atomic E-state index is 0.191. The minimum Gasteiger partial charge on any atom is -0.494 e. The van der Waals surface area contributed by atoms with Crippen LogP contribution in [0.3, 0.4) is 0 Å². The van der Waals surface area contributed by atoms with Crippen molar-refractivity contribution >= 4 is 22.8 Å². The third-order valence-corrected chi connectivity index (χ3v) is 7.62. The van der Waals surface area contributed by atoms with E-state index in [0.717, 1.165) is 33.7 Å². The van der Waals surface area contributed by atoms with Gasteiger partial charge in [-0.3, -0.25) is 4.79 Å². The molecule has 1 heterocycles. The van der Waals surface area contributed by atoms with Crippen molar-refractivity contribution in [2.24, 2.45) is 5.10 Å². The standard InChI is InChI=1S/C37H37N5O3/c1-7-44-35-18-25(4)32(20-31(35)24(2)3)36-40-33-15-11-10-14-30(33)37(43)42(36)39-22-27-16-17-29(41(5)6)19-34(27)45-23-28-13-9-8-12-26(28)21-38/h8-20,22,24H,7,23H2,1-6H3. The Hall–Kier alpha value is -5.42. The molecule has 4 aromatic carbocycles. The average molecular weight is 600 g/mol. The molecule has 1 aromatic heterocycles. The zero-order valence-corrected chi connectivity index (χ0v) is 26.5. The van der Waals surface area contributed by atoms with Crippen molar-refractivity contribution in [1.82, 2.24) is 9.66 Å². The Bertz CT molecular complexity index is 1990. The van der Waals surface area contributed by atoms with Gasteiger partial charge in [0.15, 0.2) is 5.82 Å². The van der Waals surface area contributed by atoms with Gasteiger partial charge in [0.25, 0.3) is 5.56 Å². The number of fused-ring (bicyclic) bond motifs is 1. The van der Waals surface area contributed by atoms with E-state index in [1.54, 1.807) is 18.3 Å². The second kappa shape index (κ2) is 13.5. The molecule has 0 amide bonds. The van der Waals surface area contributed by atoms with Crippen molar-refractivity contribution in [2.75, 3.05) is 25.6 Å². The molecule has 0 aliphatic rings. The van der Waals surface area contributed by atoms with Gasteiger partial charge < -0.3 is 14.4 Å². The molecule has 0 atom stereocenters. The van der Waals surface area contributed by atoms with Crippen LogP contribution in [0, 0.1) is 18.3 Å². The first-order valence-electron chi connectivity index (χ1n) is 15.0. The summed E-state index contributed by atoms with van der Waals surface area (Å²) in [4.78, 5) is 20.9. The number of para-hydroxylation sites is 1. The summed E-state index contributed by atoms with van der Waals surface area (Å²) in [7, 11) is 3.91. The lowest BCUT2D eigenvalue weighted by Crippen LogP contribution is -2.21. The van der Waals surface area contributed by atoms with E-state index in [2.05, 4.69) is 26.0 Å². The number of aromatic nitrogens is 2. The number of aryl methyl sites for hydroxylation is 1. The van der Waals surface area contributed by atoms with Gasteiger partial charge in [0, 0.05) is 42.5 Å².